The van der Waals surface area contributed by atoms with Gasteiger partial charge >= 0.3 is 0 Å². The van der Waals surface area contributed by atoms with Gasteiger partial charge in [0.25, 0.3) is 5.91 Å². The highest BCUT2D eigenvalue weighted by Crippen LogP contribution is 2.30. The molecule has 9 nitrogen and oxygen atoms in total. The monoisotopic (exact) mass is 494 g/mol. The lowest BCUT2D eigenvalue weighted by molar-refractivity contribution is -0.118. The molecule has 3 rings (SSSR count). The average Bonchev–Trinajstić information content (AvgIpc) is 3.24. The molecule has 2 aromatic carbocycles. The zero-order chi connectivity index (χ0) is 22.9. The van der Waals surface area contributed by atoms with Crippen molar-refractivity contribution in [1.82, 2.24) is 10.2 Å². The predicted molar refractivity (Wildman–Crippen MR) is 124 cm³/mol. The van der Waals surface area contributed by atoms with Crippen molar-refractivity contribution in [2.75, 3.05) is 37.2 Å². The Morgan fingerprint density at radius 2 is 1.75 bits per heavy atom. The molecule has 3 aromatic rings. The first kappa shape index (κ1) is 23.6. The number of nitrogens with one attached hydrogen (secondary N) is 2. The van der Waals surface area contributed by atoms with Crippen LogP contribution in [0.4, 0.5) is 10.8 Å². The molecule has 32 heavy (non-hydrogen) atoms. The van der Waals surface area contributed by atoms with Crippen LogP contribution in [0.25, 0.3) is 0 Å². The van der Waals surface area contributed by atoms with Gasteiger partial charge in [-0.1, -0.05) is 34.7 Å². The van der Waals surface area contributed by atoms with Gasteiger partial charge in [-0.2, -0.15) is 0 Å². The van der Waals surface area contributed by atoms with Gasteiger partial charge in [-0.25, -0.2) is 0 Å². The van der Waals surface area contributed by atoms with Crippen LogP contribution in [0.2, 0.25) is 5.02 Å². The number of amides is 2. The topological polar surface area (TPSA) is 112 Å². The molecule has 1 heterocycles. The summed E-state index contributed by atoms with van der Waals surface area (Å²) in [5, 5.41) is 14.2. The fourth-order valence-corrected chi connectivity index (χ4v) is 4.07. The maximum Gasteiger partial charge on any atom is 0.264 e. The molecule has 2 N–H and O–H groups in total. The second kappa shape index (κ2) is 11.6. The number of rotatable bonds is 10. The van der Waals surface area contributed by atoms with E-state index in [1.165, 1.54) is 18.9 Å². The Bertz CT molecular complexity index is 1080. The minimum Gasteiger partial charge on any atom is -0.497 e. The third-order valence-corrected chi connectivity index (χ3v) is 6.07. The zero-order valence-electron chi connectivity index (χ0n) is 17.1. The van der Waals surface area contributed by atoms with E-state index in [0.717, 1.165) is 11.3 Å². The molecule has 0 saturated carbocycles. The standard InChI is InChI=1S/C20H19ClN4O5S2/c1-28-14-7-8-16(29-2)15(9-14)22-18(27)11-31-20-25-24-19(32-20)23-17(26)10-30-13-5-3-12(21)4-6-13/h3-9H,10-11H2,1-2H3,(H,22,27)(H,23,24,26). The highest BCUT2D eigenvalue weighted by molar-refractivity contribution is 8.01. The van der Waals surface area contributed by atoms with Crippen LogP contribution in [0, 0.1) is 0 Å². The number of anilines is 2. The molecule has 0 unspecified atom stereocenters. The highest BCUT2D eigenvalue weighted by Gasteiger charge is 2.13. The molecule has 0 saturated heterocycles. The molecule has 12 heteroatoms. The van der Waals surface area contributed by atoms with Gasteiger partial charge in [-0.3, -0.25) is 14.9 Å². The third-order valence-electron chi connectivity index (χ3n) is 3.84. The quantitative estimate of drug-likeness (QED) is 0.322. The molecule has 0 atom stereocenters. The van der Waals surface area contributed by atoms with E-state index in [9.17, 15) is 9.59 Å². The van der Waals surface area contributed by atoms with E-state index < -0.39 is 0 Å². The molecular weight excluding hydrogens is 476 g/mol. The molecule has 0 spiro atoms. The number of aromatic nitrogens is 2. The first-order valence-corrected chi connectivity index (χ1v) is 11.3. The normalized spacial score (nSPS) is 10.3. The highest BCUT2D eigenvalue weighted by atomic mass is 35.5. The summed E-state index contributed by atoms with van der Waals surface area (Å²) in [4.78, 5) is 24.3. The molecule has 0 aliphatic carbocycles. The molecule has 0 bridgehead atoms. The average molecular weight is 495 g/mol. The summed E-state index contributed by atoms with van der Waals surface area (Å²) in [6, 6.07) is 11.8. The number of halogens is 1. The number of nitrogens with zero attached hydrogens (tertiary/aromatic N) is 2. The fourth-order valence-electron chi connectivity index (χ4n) is 2.38. The number of carbonyl (C=O) groups is 2. The zero-order valence-corrected chi connectivity index (χ0v) is 19.5. The van der Waals surface area contributed by atoms with Crippen LogP contribution in [0.3, 0.4) is 0 Å². The summed E-state index contributed by atoms with van der Waals surface area (Å²) in [6.07, 6.45) is 0. The Balaban J connectivity index is 1.46. The van der Waals surface area contributed by atoms with Gasteiger partial charge in [0.2, 0.25) is 11.0 Å². The van der Waals surface area contributed by atoms with Gasteiger partial charge in [0, 0.05) is 11.1 Å². The van der Waals surface area contributed by atoms with E-state index in [4.69, 9.17) is 25.8 Å². The van der Waals surface area contributed by atoms with Gasteiger partial charge in [-0.05, 0) is 36.4 Å². The SMILES string of the molecule is COc1ccc(OC)c(NC(=O)CSc2nnc(NC(=O)COc3ccc(Cl)cc3)s2)c1. The van der Waals surface area contributed by atoms with E-state index >= 15 is 0 Å². The Morgan fingerprint density at radius 3 is 2.47 bits per heavy atom. The molecule has 0 aliphatic rings. The van der Waals surface area contributed by atoms with Crippen molar-refractivity contribution in [3.8, 4) is 17.2 Å². The van der Waals surface area contributed by atoms with Crippen LogP contribution >= 0.6 is 34.7 Å². The van der Waals surface area contributed by atoms with Crippen LogP contribution in [-0.2, 0) is 9.59 Å². The van der Waals surface area contributed by atoms with Crippen LogP contribution in [0.15, 0.2) is 46.8 Å². The molecule has 0 radical (unpaired) electrons. The Labute approximate surface area is 197 Å². The van der Waals surface area contributed by atoms with Crippen LogP contribution in [0.1, 0.15) is 0 Å². The molecule has 0 fully saturated rings. The van der Waals surface area contributed by atoms with E-state index in [1.54, 1.807) is 49.6 Å². The lowest BCUT2D eigenvalue weighted by Crippen LogP contribution is -2.20. The van der Waals surface area contributed by atoms with Crippen molar-refractivity contribution in [3.63, 3.8) is 0 Å². The van der Waals surface area contributed by atoms with E-state index in [0.29, 0.717) is 37.4 Å². The van der Waals surface area contributed by atoms with E-state index in [2.05, 4.69) is 20.8 Å². The number of methoxy groups -OCH3 is 2. The molecule has 168 valence electrons. The third kappa shape index (κ3) is 7.01. The van der Waals surface area contributed by atoms with Gasteiger partial charge in [0.15, 0.2) is 10.9 Å². The summed E-state index contributed by atoms with van der Waals surface area (Å²) in [7, 11) is 3.06. The van der Waals surface area contributed by atoms with Crippen LogP contribution < -0.4 is 24.8 Å². The summed E-state index contributed by atoms with van der Waals surface area (Å²) >= 11 is 8.16. The Hall–Kier alpha value is -3.02. The van der Waals surface area contributed by atoms with Crippen molar-refractivity contribution in [1.29, 1.82) is 0 Å². The van der Waals surface area contributed by atoms with Crippen molar-refractivity contribution in [2.24, 2.45) is 0 Å². The minimum absolute atomic E-state index is 0.0998. The lowest BCUT2D eigenvalue weighted by atomic mass is 10.2. The first-order valence-electron chi connectivity index (χ1n) is 9.13. The maximum absolute atomic E-state index is 12.3. The lowest BCUT2D eigenvalue weighted by Gasteiger charge is -2.11. The fraction of sp³-hybridized carbons (Fsp3) is 0.200. The molecule has 1 aromatic heterocycles. The van der Waals surface area contributed by atoms with Gasteiger partial charge < -0.3 is 19.5 Å². The number of benzene rings is 2. The van der Waals surface area contributed by atoms with Crippen molar-refractivity contribution in [3.05, 3.63) is 47.5 Å². The molecular formula is C20H19ClN4O5S2. The van der Waals surface area contributed by atoms with Crippen LogP contribution in [0.5, 0.6) is 17.2 Å². The number of carbonyl (C=O) groups excluding carboxylic acids is 2. The molecule has 0 aliphatic heterocycles. The second-order valence-electron chi connectivity index (χ2n) is 6.07. The predicted octanol–water partition coefficient (Wildman–Crippen LogP) is 3.96. The molecule has 2 amide bonds. The summed E-state index contributed by atoms with van der Waals surface area (Å²) in [6.45, 7) is -0.186. The van der Waals surface area contributed by atoms with Gasteiger partial charge in [-0.15, -0.1) is 10.2 Å². The number of ether oxygens (including phenoxy) is 3. The van der Waals surface area contributed by atoms with E-state index in [-0.39, 0.29) is 24.2 Å². The van der Waals surface area contributed by atoms with Gasteiger partial charge in [0.05, 0.1) is 25.7 Å². The smallest absolute Gasteiger partial charge is 0.264 e. The Morgan fingerprint density at radius 1 is 1.00 bits per heavy atom. The number of thioether (sulfide) groups is 1. The Kier molecular flexibility index (Phi) is 8.54. The first-order chi connectivity index (χ1) is 15.5. The number of hydrogen-bond donors (Lipinski definition) is 2. The van der Waals surface area contributed by atoms with Crippen molar-refractivity contribution in [2.45, 2.75) is 4.34 Å². The van der Waals surface area contributed by atoms with Crippen molar-refractivity contribution >= 4 is 57.3 Å². The van der Waals surface area contributed by atoms with Crippen LogP contribution in [-0.4, -0.2) is 48.6 Å². The van der Waals surface area contributed by atoms with Gasteiger partial charge in [0.1, 0.15) is 17.2 Å². The maximum atomic E-state index is 12.3. The number of hydrogen-bond acceptors (Lipinski definition) is 9. The second-order valence-corrected chi connectivity index (χ2v) is 8.70. The summed E-state index contributed by atoms with van der Waals surface area (Å²) < 4.78 is 16.3. The summed E-state index contributed by atoms with van der Waals surface area (Å²) in [5.74, 6) is 1.11. The van der Waals surface area contributed by atoms with Crippen molar-refractivity contribution < 1.29 is 23.8 Å². The largest absolute Gasteiger partial charge is 0.497 e. The minimum atomic E-state index is -0.379. The van der Waals surface area contributed by atoms with E-state index in [1.807, 2.05) is 0 Å². The summed E-state index contributed by atoms with van der Waals surface area (Å²) in [5.41, 5.74) is 0.503.